The van der Waals surface area contributed by atoms with Crippen LogP contribution >= 0.6 is 0 Å². The van der Waals surface area contributed by atoms with Crippen molar-refractivity contribution in [2.75, 3.05) is 13.2 Å². The molecule has 8 nitrogen and oxygen atoms in total. The van der Waals surface area contributed by atoms with Gasteiger partial charge in [-0.05, 0) is 33.1 Å². The third-order valence-corrected chi connectivity index (χ3v) is 6.67. The number of carbonyl (C=O) groups is 4. The highest BCUT2D eigenvalue weighted by atomic mass is 16.6. The smallest absolute Gasteiger partial charge is 0.311 e. The number of esters is 4. The molecule has 2 bridgehead atoms. The van der Waals surface area contributed by atoms with Crippen molar-refractivity contribution in [1.29, 1.82) is 0 Å². The van der Waals surface area contributed by atoms with Crippen LogP contribution < -0.4 is 0 Å². The van der Waals surface area contributed by atoms with Gasteiger partial charge in [0, 0.05) is 11.3 Å². The van der Waals surface area contributed by atoms with Gasteiger partial charge in [-0.25, -0.2) is 0 Å². The number of carbonyl (C=O) groups excluding carboxylic acids is 4. The summed E-state index contributed by atoms with van der Waals surface area (Å²) in [5, 5.41) is 0. The molecule has 1 aliphatic heterocycles. The summed E-state index contributed by atoms with van der Waals surface area (Å²) in [6, 6.07) is 0. The Morgan fingerprint density at radius 3 is 2.45 bits per heavy atom. The van der Waals surface area contributed by atoms with Gasteiger partial charge in [0.1, 0.15) is 25.4 Å². The SMILES string of the molecule is CCC(C)(C)C(=O)OCCOC(=O)CCC(=O)OC1C2OC(=O)C3CC1(C)CC32. The minimum atomic E-state index is -0.572. The molecule has 0 radical (unpaired) electrons. The predicted octanol–water partition coefficient (Wildman–Crippen LogP) is 2.17. The summed E-state index contributed by atoms with van der Waals surface area (Å²) in [6.45, 7) is 7.42. The van der Waals surface area contributed by atoms with Crippen LogP contribution in [0.5, 0.6) is 0 Å². The van der Waals surface area contributed by atoms with Crippen molar-refractivity contribution in [1.82, 2.24) is 0 Å². The van der Waals surface area contributed by atoms with Crippen LogP contribution in [0, 0.1) is 22.7 Å². The van der Waals surface area contributed by atoms with E-state index in [1.807, 2.05) is 13.8 Å². The van der Waals surface area contributed by atoms with E-state index in [-0.39, 0.29) is 61.3 Å². The van der Waals surface area contributed by atoms with Crippen LogP contribution in [0.3, 0.4) is 0 Å². The maximum atomic E-state index is 12.2. The zero-order chi connectivity index (χ0) is 21.4. The van der Waals surface area contributed by atoms with E-state index >= 15 is 0 Å². The summed E-state index contributed by atoms with van der Waals surface area (Å²) < 4.78 is 21.1. The maximum absolute atomic E-state index is 12.2. The molecule has 5 atom stereocenters. The molecule has 8 heteroatoms. The molecule has 3 rings (SSSR count). The molecule has 0 spiro atoms. The Morgan fingerprint density at radius 1 is 1.10 bits per heavy atom. The Balaban J connectivity index is 1.34. The van der Waals surface area contributed by atoms with E-state index in [9.17, 15) is 19.2 Å². The van der Waals surface area contributed by atoms with Crippen molar-refractivity contribution in [3.05, 3.63) is 0 Å². The van der Waals surface area contributed by atoms with Crippen molar-refractivity contribution in [3.8, 4) is 0 Å². The second kappa shape index (κ2) is 7.95. The molecule has 1 heterocycles. The van der Waals surface area contributed by atoms with Crippen LogP contribution in [0.1, 0.15) is 59.8 Å². The van der Waals surface area contributed by atoms with Gasteiger partial charge in [-0.3, -0.25) is 19.2 Å². The van der Waals surface area contributed by atoms with Crippen LogP contribution in [-0.2, 0) is 38.1 Å². The lowest BCUT2D eigenvalue weighted by Crippen LogP contribution is -2.41. The van der Waals surface area contributed by atoms with Crippen molar-refractivity contribution < 1.29 is 38.1 Å². The lowest BCUT2D eigenvalue weighted by atomic mass is 9.79. The first-order valence-corrected chi connectivity index (χ1v) is 10.3. The standard InChI is InChI=1S/C21H30O8/c1-5-20(2,3)19(25)27-9-8-26-14(22)6-7-15(23)28-17-16-12-10-21(17,4)11-13(12)18(24)29-16/h12-13,16-17H,5-11H2,1-4H3. The largest absolute Gasteiger partial charge is 0.462 e. The second-order valence-electron chi connectivity index (χ2n) is 9.24. The summed E-state index contributed by atoms with van der Waals surface area (Å²) in [6.07, 6.45) is 1.12. The van der Waals surface area contributed by atoms with Gasteiger partial charge in [-0.2, -0.15) is 0 Å². The van der Waals surface area contributed by atoms with Crippen molar-refractivity contribution in [2.45, 2.75) is 72.0 Å². The van der Waals surface area contributed by atoms with Crippen molar-refractivity contribution in [3.63, 3.8) is 0 Å². The van der Waals surface area contributed by atoms with Crippen LogP contribution in [0.4, 0.5) is 0 Å². The number of hydrogen-bond acceptors (Lipinski definition) is 8. The normalized spacial score (nSPS) is 32.1. The van der Waals surface area contributed by atoms with Crippen LogP contribution in [0.25, 0.3) is 0 Å². The maximum Gasteiger partial charge on any atom is 0.311 e. The van der Waals surface area contributed by atoms with Gasteiger partial charge in [-0.1, -0.05) is 13.8 Å². The minimum Gasteiger partial charge on any atom is -0.462 e. The molecule has 162 valence electrons. The molecule has 0 aromatic heterocycles. The molecule has 1 saturated heterocycles. The summed E-state index contributed by atoms with van der Waals surface area (Å²) in [5.74, 6) is -1.51. The van der Waals surface area contributed by atoms with Crippen molar-refractivity contribution in [2.24, 2.45) is 22.7 Å². The molecular formula is C21H30O8. The average Bonchev–Trinajstić information content (AvgIpc) is 3.23. The van der Waals surface area contributed by atoms with E-state index in [4.69, 9.17) is 18.9 Å². The van der Waals surface area contributed by atoms with Gasteiger partial charge in [0.15, 0.2) is 0 Å². The summed E-state index contributed by atoms with van der Waals surface area (Å²) in [4.78, 5) is 47.7. The third kappa shape index (κ3) is 4.26. The Kier molecular flexibility index (Phi) is 5.92. The topological polar surface area (TPSA) is 105 Å². The Bertz CT molecular complexity index is 699. The van der Waals surface area contributed by atoms with E-state index in [2.05, 4.69) is 0 Å². The Hall–Kier alpha value is -2.12. The van der Waals surface area contributed by atoms with Crippen molar-refractivity contribution >= 4 is 23.9 Å². The summed E-state index contributed by atoms with van der Waals surface area (Å²) in [7, 11) is 0. The van der Waals surface area contributed by atoms with Gasteiger partial charge in [0.2, 0.25) is 0 Å². The Labute approximate surface area is 170 Å². The number of hydrogen-bond donors (Lipinski definition) is 0. The summed E-state index contributed by atoms with van der Waals surface area (Å²) >= 11 is 0. The van der Waals surface area contributed by atoms with Crippen LogP contribution in [0.15, 0.2) is 0 Å². The highest BCUT2D eigenvalue weighted by Gasteiger charge is 2.68. The van der Waals surface area contributed by atoms with Crippen LogP contribution in [-0.4, -0.2) is 49.3 Å². The van der Waals surface area contributed by atoms with E-state index in [0.29, 0.717) is 12.8 Å². The highest BCUT2D eigenvalue weighted by molar-refractivity contribution is 5.79. The monoisotopic (exact) mass is 410 g/mol. The fourth-order valence-corrected chi connectivity index (χ4v) is 4.56. The zero-order valence-corrected chi connectivity index (χ0v) is 17.5. The van der Waals surface area contributed by atoms with E-state index in [1.165, 1.54) is 0 Å². The average molecular weight is 410 g/mol. The fourth-order valence-electron chi connectivity index (χ4n) is 4.56. The van der Waals surface area contributed by atoms with E-state index in [1.54, 1.807) is 13.8 Å². The molecule has 3 aliphatic rings. The lowest BCUT2D eigenvalue weighted by molar-refractivity contribution is -0.167. The molecule has 0 amide bonds. The predicted molar refractivity (Wildman–Crippen MR) is 99.3 cm³/mol. The Morgan fingerprint density at radius 2 is 1.76 bits per heavy atom. The molecule has 0 N–H and O–H groups in total. The number of ether oxygens (including phenoxy) is 4. The first-order chi connectivity index (χ1) is 13.6. The lowest BCUT2D eigenvalue weighted by Gasteiger charge is -2.32. The second-order valence-corrected chi connectivity index (χ2v) is 9.24. The molecule has 2 saturated carbocycles. The molecule has 0 aromatic carbocycles. The number of rotatable bonds is 9. The fraction of sp³-hybridized carbons (Fsp3) is 0.810. The van der Waals surface area contributed by atoms with Gasteiger partial charge >= 0.3 is 23.9 Å². The van der Waals surface area contributed by atoms with Gasteiger partial charge in [0.05, 0.1) is 24.2 Å². The molecule has 29 heavy (non-hydrogen) atoms. The minimum absolute atomic E-state index is 0.0194. The molecule has 3 fully saturated rings. The quantitative estimate of drug-likeness (QED) is 0.324. The van der Waals surface area contributed by atoms with Gasteiger partial charge < -0.3 is 18.9 Å². The number of fused-ring (bicyclic) bond motifs is 1. The van der Waals surface area contributed by atoms with Gasteiger partial charge in [-0.15, -0.1) is 0 Å². The van der Waals surface area contributed by atoms with E-state index in [0.717, 1.165) is 6.42 Å². The molecule has 2 aliphatic carbocycles. The first kappa shape index (κ1) is 21.6. The summed E-state index contributed by atoms with van der Waals surface area (Å²) in [5.41, 5.74) is -0.809. The molecular weight excluding hydrogens is 380 g/mol. The molecule has 5 unspecified atom stereocenters. The first-order valence-electron chi connectivity index (χ1n) is 10.3. The zero-order valence-electron chi connectivity index (χ0n) is 17.5. The highest BCUT2D eigenvalue weighted by Crippen LogP contribution is 2.62. The molecule has 0 aromatic rings. The third-order valence-electron chi connectivity index (χ3n) is 6.67. The van der Waals surface area contributed by atoms with Gasteiger partial charge in [0.25, 0.3) is 0 Å². The van der Waals surface area contributed by atoms with E-state index < -0.39 is 23.5 Å². The van der Waals surface area contributed by atoms with Crippen LogP contribution in [0.2, 0.25) is 0 Å².